The molecule has 0 saturated carbocycles. The lowest BCUT2D eigenvalue weighted by atomic mass is 10.2. The number of amides is 2. The maximum absolute atomic E-state index is 12.2. The average Bonchev–Trinajstić information content (AvgIpc) is 2.58. The Morgan fingerprint density at radius 2 is 1.84 bits per heavy atom. The van der Waals surface area contributed by atoms with Gasteiger partial charge in [0.25, 0.3) is 0 Å². The molecule has 0 spiro atoms. The first-order valence-corrected chi connectivity index (χ1v) is 8.26. The third-order valence-corrected chi connectivity index (χ3v) is 4.04. The van der Waals surface area contributed by atoms with Gasteiger partial charge in [-0.15, -0.1) is 0 Å². The molecule has 1 N–H and O–H groups in total. The molecule has 0 aliphatic rings. The second kappa shape index (κ2) is 8.53. The molecule has 0 radical (unpaired) electrons. The number of aryl methyl sites for hydroxylation is 1. The molecule has 0 aliphatic carbocycles. The molecule has 6 heteroatoms. The lowest BCUT2D eigenvalue weighted by Gasteiger charge is -2.21. The van der Waals surface area contributed by atoms with Crippen molar-refractivity contribution >= 4 is 34.8 Å². The zero-order chi connectivity index (χ0) is 18.4. The Kier molecular flexibility index (Phi) is 6.42. The molecule has 25 heavy (non-hydrogen) atoms. The minimum Gasteiger partial charge on any atom is -0.497 e. The summed E-state index contributed by atoms with van der Waals surface area (Å²) in [6.45, 7) is 3.65. The van der Waals surface area contributed by atoms with E-state index in [1.165, 1.54) is 6.92 Å². The third kappa shape index (κ3) is 5.22. The van der Waals surface area contributed by atoms with Crippen molar-refractivity contribution in [2.45, 2.75) is 20.3 Å². The summed E-state index contributed by atoms with van der Waals surface area (Å²) in [7, 11) is 1.58. The van der Waals surface area contributed by atoms with Crippen LogP contribution in [0.2, 0.25) is 5.02 Å². The minimum absolute atomic E-state index is 0.128. The normalized spacial score (nSPS) is 10.2. The average molecular weight is 361 g/mol. The van der Waals surface area contributed by atoms with E-state index in [2.05, 4.69) is 5.32 Å². The van der Waals surface area contributed by atoms with Crippen molar-refractivity contribution in [3.05, 3.63) is 53.1 Å². The standard InChI is InChI=1S/C19H21ClN2O3/c1-13-4-5-15(20)12-18(13)21-19(24)10-11-22(14(2)23)16-6-8-17(25-3)9-7-16/h4-9,12H,10-11H2,1-3H3,(H,21,24). The summed E-state index contributed by atoms with van der Waals surface area (Å²) in [5.41, 5.74) is 2.33. The van der Waals surface area contributed by atoms with Gasteiger partial charge in [0.1, 0.15) is 5.75 Å². The summed E-state index contributed by atoms with van der Waals surface area (Å²) >= 11 is 5.96. The molecular formula is C19H21ClN2O3. The van der Waals surface area contributed by atoms with Crippen molar-refractivity contribution in [2.24, 2.45) is 0 Å². The molecule has 0 fully saturated rings. The fourth-order valence-corrected chi connectivity index (χ4v) is 2.56. The summed E-state index contributed by atoms with van der Waals surface area (Å²) in [5, 5.41) is 3.39. The molecule has 0 bridgehead atoms. The van der Waals surface area contributed by atoms with Crippen LogP contribution >= 0.6 is 11.6 Å². The predicted octanol–water partition coefficient (Wildman–Crippen LogP) is 4.04. The number of methoxy groups -OCH3 is 1. The van der Waals surface area contributed by atoms with Gasteiger partial charge in [-0.25, -0.2) is 0 Å². The highest BCUT2D eigenvalue weighted by Crippen LogP contribution is 2.22. The molecule has 2 aromatic carbocycles. The van der Waals surface area contributed by atoms with Crippen molar-refractivity contribution in [1.82, 2.24) is 0 Å². The van der Waals surface area contributed by atoms with E-state index in [-0.39, 0.29) is 24.8 Å². The molecule has 2 aromatic rings. The Morgan fingerprint density at radius 1 is 1.16 bits per heavy atom. The van der Waals surface area contributed by atoms with Gasteiger partial charge in [0, 0.05) is 36.3 Å². The van der Waals surface area contributed by atoms with Gasteiger partial charge >= 0.3 is 0 Å². The van der Waals surface area contributed by atoms with Crippen LogP contribution in [0.3, 0.4) is 0 Å². The Hall–Kier alpha value is -2.53. The maximum Gasteiger partial charge on any atom is 0.226 e. The fraction of sp³-hybridized carbons (Fsp3) is 0.263. The van der Waals surface area contributed by atoms with E-state index >= 15 is 0 Å². The van der Waals surface area contributed by atoms with Crippen LogP contribution in [-0.2, 0) is 9.59 Å². The van der Waals surface area contributed by atoms with Crippen LogP contribution in [0, 0.1) is 6.92 Å². The van der Waals surface area contributed by atoms with Gasteiger partial charge in [0.15, 0.2) is 0 Å². The van der Waals surface area contributed by atoms with E-state index in [0.717, 1.165) is 11.3 Å². The SMILES string of the molecule is COc1ccc(N(CCC(=O)Nc2cc(Cl)ccc2C)C(C)=O)cc1. The molecule has 132 valence electrons. The number of nitrogens with zero attached hydrogens (tertiary/aromatic N) is 1. The highest BCUT2D eigenvalue weighted by Gasteiger charge is 2.14. The van der Waals surface area contributed by atoms with E-state index in [1.54, 1.807) is 48.4 Å². The molecule has 2 rings (SSSR count). The van der Waals surface area contributed by atoms with Gasteiger partial charge in [-0.1, -0.05) is 17.7 Å². The highest BCUT2D eigenvalue weighted by molar-refractivity contribution is 6.31. The van der Waals surface area contributed by atoms with Crippen LogP contribution in [0.15, 0.2) is 42.5 Å². The molecular weight excluding hydrogens is 340 g/mol. The van der Waals surface area contributed by atoms with Gasteiger partial charge in [-0.3, -0.25) is 9.59 Å². The van der Waals surface area contributed by atoms with Gasteiger partial charge in [0.05, 0.1) is 7.11 Å². The molecule has 5 nitrogen and oxygen atoms in total. The van der Waals surface area contributed by atoms with Crippen LogP contribution in [0.4, 0.5) is 11.4 Å². The van der Waals surface area contributed by atoms with E-state index in [4.69, 9.17) is 16.3 Å². The van der Waals surface area contributed by atoms with Crippen molar-refractivity contribution < 1.29 is 14.3 Å². The quantitative estimate of drug-likeness (QED) is 0.845. The van der Waals surface area contributed by atoms with Crippen LogP contribution in [0.1, 0.15) is 18.9 Å². The van der Waals surface area contributed by atoms with E-state index in [0.29, 0.717) is 16.5 Å². The molecule has 0 unspecified atom stereocenters. The zero-order valence-electron chi connectivity index (χ0n) is 14.5. The number of carbonyl (C=O) groups excluding carboxylic acids is 2. The molecule has 0 atom stereocenters. The molecule has 0 heterocycles. The second-order valence-corrected chi connectivity index (χ2v) is 6.06. The summed E-state index contributed by atoms with van der Waals surface area (Å²) in [5.74, 6) is 0.406. The number of carbonyl (C=O) groups is 2. The summed E-state index contributed by atoms with van der Waals surface area (Å²) in [4.78, 5) is 25.7. The lowest BCUT2D eigenvalue weighted by Crippen LogP contribution is -2.32. The number of hydrogen-bond donors (Lipinski definition) is 1. The number of hydrogen-bond acceptors (Lipinski definition) is 3. The first-order valence-electron chi connectivity index (χ1n) is 7.89. The third-order valence-electron chi connectivity index (χ3n) is 3.80. The Morgan fingerprint density at radius 3 is 2.44 bits per heavy atom. The Balaban J connectivity index is 2.01. The Bertz CT molecular complexity index is 760. The second-order valence-electron chi connectivity index (χ2n) is 5.63. The molecule has 0 saturated heterocycles. The van der Waals surface area contributed by atoms with Crippen molar-refractivity contribution in [1.29, 1.82) is 0 Å². The van der Waals surface area contributed by atoms with Gasteiger partial charge in [-0.05, 0) is 48.9 Å². The number of anilines is 2. The van der Waals surface area contributed by atoms with E-state index in [1.807, 2.05) is 13.0 Å². The summed E-state index contributed by atoms with van der Waals surface area (Å²) in [6.07, 6.45) is 0.178. The molecule has 0 aromatic heterocycles. The van der Waals surface area contributed by atoms with Crippen LogP contribution in [-0.4, -0.2) is 25.5 Å². The lowest BCUT2D eigenvalue weighted by molar-refractivity contribution is -0.117. The summed E-state index contributed by atoms with van der Waals surface area (Å²) in [6, 6.07) is 12.5. The van der Waals surface area contributed by atoms with Gasteiger partial charge < -0.3 is 15.0 Å². The summed E-state index contributed by atoms with van der Waals surface area (Å²) < 4.78 is 5.12. The van der Waals surface area contributed by atoms with E-state index in [9.17, 15) is 9.59 Å². The number of halogens is 1. The van der Waals surface area contributed by atoms with Crippen LogP contribution in [0.25, 0.3) is 0 Å². The maximum atomic E-state index is 12.2. The van der Waals surface area contributed by atoms with Crippen molar-refractivity contribution in [3.63, 3.8) is 0 Å². The van der Waals surface area contributed by atoms with Crippen LogP contribution in [0.5, 0.6) is 5.75 Å². The van der Waals surface area contributed by atoms with E-state index < -0.39 is 0 Å². The van der Waals surface area contributed by atoms with Crippen molar-refractivity contribution in [3.8, 4) is 5.75 Å². The smallest absolute Gasteiger partial charge is 0.226 e. The van der Waals surface area contributed by atoms with Crippen molar-refractivity contribution in [2.75, 3.05) is 23.9 Å². The first kappa shape index (κ1) is 18.8. The predicted molar refractivity (Wildman–Crippen MR) is 100 cm³/mol. The number of rotatable bonds is 6. The minimum atomic E-state index is -0.176. The number of nitrogens with one attached hydrogen (secondary N) is 1. The highest BCUT2D eigenvalue weighted by atomic mass is 35.5. The largest absolute Gasteiger partial charge is 0.497 e. The van der Waals surface area contributed by atoms with Crippen LogP contribution < -0.4 is 15.0 Å². The topological polar surface area (TPSA) is 58.6 Å². The molecule has 2 amide bonds. The Labute approximate surface area is 152 Å². The number of ether oxygens (including phenoxy) is 1. The van der Waals surface area contributed by atoms with Gasteiger partial charge in [-0.2, -0.15) is 0 Å². The number of benzene rings is 2. The van der Waals surface area contributed by atoms with Gasteiger partial charge in [0.2, 0.25) is 11.8 Å². The first-order chi connectivity index (χ1) is 11.9. The molecule has 0 aliphatic heterocycles. The zero-order valence-corrected chi connectivity index (χ0v) is 15.3. The fourth-order valence-electron chi connectivity index (χ4n) is 2.39. The monoisotopic (exact) mass is 360 g/mol.